The van der Waals surface area contributed by atoms with E-state index in [0.717, 1.165) is 5.56 Å². The first kappa shape index (κ1) is 16.7. The fraction of sp³-hybridized carbons (Fsp3) is 0.158. The summed E-state index contributed by atoms with van der Waals surface area (Å²) in [6.45, 7) is 3.07. The number of ether oxygens (including phenoxy) is 1. The molecule has 0 radical (unpaired) electrons. The van der Waals surface area contributed by atoms with Crippen LogP contribution in [-0.2, 0) is 9.53 Å². The molecular weight excluding hydrogens is 325 g/mol. The van der Waals surface area contributed by atoms with Gasteiger partial charge < -0.3 is 14.5 Å². The third-order valence-corrected chi connectivity index (χ3v) is 3.74. The minimum absolute atomic E-state index is 0.00355. The van der Waals surface area contributed by atoms with Crippen LogP contribution in [0.2, 0.25) is 0 Å². The Bertz CT molecular complexity index is 961. The van der Waals surface area contributed by atoms with Gasteiger partial charge in [0.25, 0.3) is 5.91 Å². The molecule has 6 heteroatoms. The van der Waals surface area contributed by atoms with Gasteiger partial charge in [0.15, 0.2) is 18.0 Å². The molecule has 3 aromatic rings. The van der Waals surface area contributed by atoms with Crippen molar-refractivity contribution in [3.05, 3.63) is 65.2 Å². The maximum atomic E-state index is 13.7. The van der Waals surface area contributed by atoms with E-state index >= 15 is 0 Å². The van der Waals surface area contributed by atoms with Gasteiger partial charge in [-0.2, -0.15) is 0 Å². The van der Waals surface area contributed by atoms with Crippen LogP contribution in [0, 0.1) is 19.7 Å². The Balaban J connectivity index is 1.67. The van der Waals surface area contributed by atoms with Gasteiger partial charge in [-0.1, -0.05) is 24.3 Å². The minimum atomic E-state index is -0.813. The molecule has 25 heavy (non-hydrogen) atoms. The van der Waals surface area contributed by atoms with E-state index in [1.165, 1.54) is 12.1 Å². The van der Waals surface area contributed by atoms with E-state index in [0.29, 0.717) is 16.6 Å². The number of hydrogen-bond donors (Lipinski definition) is 1. The quantitative estimate of drug-likeness (QED) is 0.729. The van der Waals surface area contributed by atoms with Crippen molar-refractivity contribution in [3.63, 3.8) is 0 Å². The fourth-order valence-corrected chi connectivity index (χ4v) is 2.52. The molecule has 0 atom stereocenters. The van der Waals surface area contributed by atoms with Gasteiger partial charge in [-0.3, -0.25) is 4.79 Å². The predicted octanol–water partition coefficient (Wildman–Crippen LogP) is 3.98. The number of carbonyl (C=O) groups excluding carboxylic acids is 2. The molecule has 1 N–H and O–H groups in total. The molecule has 0 aliphatic carbocycles. The van der Waals surface area contributed by atoms with Gasteiger partial charge in [-0.05, 0) is 37.6 Å². The molecule has 0 saturated heterocycles. The highest BCUT2D eigenvalue weighted by Crippen LogP contribution is 2.27. The smallest absolute Gasteiger partial charge is 0.375 e. The molecule has 3 rings (SSSR count). The number of para-hydroxylation sites is 1. The second-order valence-corrected chi connectivity index (χ2v) is 5.67. The van der Waals surface area contributed by atoms with Crippen LogP contribution in [-0.4, -0.2) is 18.5 Å². The second kappa shape index (κ2) is 6.76. The summed E-state index contributed by atoms with van der Waals surface area (Å²) in [4.78, 5) is 24.0. The molecule has 1 heterocycles. The molecule has 1 aromatic heterocycles. The van der Waals surface area contributed by atoms with Crippen molar-refractivity contribution in [2.24, 2.45) is 0 Å². The third kappa shape index (κ3) is 3.52. The van der Waals surface area contributed by atoms with Crippen molar-refractivity contribution >= 4 is 28.5 Å². The number of carbonyl (C=O) groups is 2. The van der Waals surface area contributed by atoms with Crippen LogP contribution in [0.1, 0.15) is 21.7 Å². The van der Waals surface area contributed by atoms with Gasteiger partial charge in [-0.25, -0.2) is 9.18 Å². The number of hydrogen-bond acceptors (Lipinski definition) is 4. The van der Waals surface area contributed by atoms with Crippen LogP contribution in [0.3, 0.4) is 0 Å². The number of nitrogens with one attached hydrogen (secondary N) is 1. The lowest BCUT2D eigenvalue weighted by Crippen LogP contribution is -2.21. The standard InChI is InChI=1S/C19H16FNO4/c1-11-5-3-6-13(9-11)21-16(22)10-24-19(23)17-12(2)14-7-4-8-15(20)18(14)25-17/h3-9H,10H2,1-2H3,(H,21,22). The maximum absolute atomic E-state index is 13.7. The summed E-state index contributed by atoms with van der Waals surface area (Å²) in [5, 5.41) is 3.13. The van der Waals surface area contributed by atoms with Crippen molar-refractivity contribution < 1.29 is 23.1 Å². The lowest BCUT2D eigenvalue weighted by atomic mass is 10.1. The number of aryl methyl sites for hydroxylation is 2. The Kier molecular flexibility index (Phi) is 4.52. The largest absolute Gasteiger partial charge is 0.450 e. The normalized spacial score (nSPS) is 10.7. The maximum Gasteiger partial charge on any atom is 0.375 e. The zero-order chi connectivity index (χ0) is 18.0. The topological polar surface area (TPSA) is 68.5 Å². The summed E-state index contributed by atoms with van der Waals surface area (Å²) in [6.07, 6.45) is 0. The van der Waals surface area contributed by atoms with Crippen LogP contribution in [0.15, 0.2) is 46.9 Å². The molecule has 128 valence electrons. The van der Waals surface area contributed by atoms with Gasteiger partial charge in [-0.15, -0.1) is 0 Å². The molecule has 0 unspecified atom stereocenters. The molecule has 0 bridgehead atoms. The highest BCUT2D eigenvalue weighted by molar-refractivity contribution is 5.98. The fourth-order valence-electron chi connectivity index (χ4n) is 2.52. The van der Waals surface area contributed by atoms with E-state index in [1.807, 2.05) is 19.1 Å². The average Bonchev–Trinajstić information content (AvgIpc) is 2.91. The summed E-state index contributed by atoms with van der Waals surface area (Å²) < 4.78 is 24.0. The van der Waals surface area contributed by atoms with Crippen LogP contribution < -0.4 is 5.32 Å². The van der Waals surface area contributed by atoms with Crippen molar-refractivity contribution in [1.29, 1.82) is 0 Å². The third-order valence-electron chi connectivity index (χ3n) is 3.74. The first-order valence-corrected chi connectivity index (χ1v) is 7.67. The first-order chi connectivity index (χ1) is 12.0. The van der Waals surface area contributed by atoms with E-state index < -0.39 is 24.3 Å². The molecule has 2 aromatic carbocycles. The van der Waals surface area contributed by atoms with Gasteiger partial charge in [0.2, 0.25) is 5.76 Å². The Hall–Kier alpha value is -3.15. The van der Waals surface area contributed by atoms with Crippen molar-refractivity contribution in [2.75, 3.05) is 11.9 Å². The number of benzene rings is 2. The SMILES string of the molecule is Cc1cccc(NC(=O)COC(=O)c2oc3c(F)cccc3c2C)c1. The number of amides is 1. The Morgan fingerprint density at radius 2 is 1.92 bits per heavy atom. The summed E-state index contributed by atoms with van der Waals surface area (Å²) in [5.74, 6) is -1.95. The Morgan fingerprint density at radius 3 is 2.64 bits per heavy atom. The van der Waals surface area contributed by atoms with Gasteiger partial charge in [0.1, 0.15) is 0 Å². The summed E-state index contributed by atoms with van der Waals surface area (Å²) in [6, 6.07) is 11.7. The number of fused-ring (bicyclic) bond motifs is 1. The number of rotatable bonds is 4. The van der Waals surface area contributed by atoms with Crippen LogP contribution >= 0.6 is 0 Å². The molecule has 0 spiro atoms. The monoisotopic (exact) mass is 341 g/mol. The molecule has 5 nitrogen and oxygen atoms in total. The molecular formula is C19H16FNO4. The van der Waals surface area contributed by atoms with Crippen molar-refractivity contribution in [3.8, 4) is 0 Å². The van der Waals surface area contributed by atoms with E-state index in [2.05, 4.69) is 5.32 Å². The lowest BCUT2D eigenvalue weighted by molar-refractivity contribution is -0.119. The average molecular weight is 341 g/mol. The molecule has 0 aliphatic heterocycles. The molecule has 0 aliphatic rings. The van der Waals surface area contributed by atoms with Gasteiger partial charge in [0, 0.05) is 16.6 Å². The zero-order valence-corrected chi connectivity index (χ0v) is 13.8. The number of halogens is 1. The highest BCUT2D eigenvalue weighted by atomic mass is 19.1. The minimum Gasteiger partial charge on any atom is -0.450 e. The highest BCUT2D eigenvalue weighted by Gasteiger charge is 2.21. The summed E-state index contributed by atoms with van der Waals surface area (Å²) in [7, 11) is 0. The van der Waals surface area contributed by atoms with Crippen LogP contribution in [0.4, 0.5) is 10.1 Å². The van der Waals surface area contributed by atoms with Gasteiger partial charge >= 0.3 is 5.97 Å². The summed E-state index contributed by atoms with van der Waals surface area (Å²) in [5.41, 5.74) is 2.08. The predicted molar refractivity (Wildman–Crippen MR) is 91.0 cm³/mol. The zero-order valence-electron chi connectivity index (χ0n) is 13.8. The molecule has 0 saturated carbocycles. The first-order valence-electron chi connectivity index (χ1n) is 7.67. The molecule has 1 amide bonds. The van der Waals surface area contributed by atoms with Crippen LogP contribution in [0.25, 0.3) is 11.0 Å². The summed E-state index contributed by atoms with van der Waals surface area (Å²) >= 11 is 0. The number of esters is 1. The lowest BCUT2D eigenvalue weighted by Gasteiger charge is -2.06. The second-order valence-electron chi connectivity index (χ2n) is 5.67. The van der Waals surface area contributed by atoms with E-state index in [1.54, 1.807) is 25.1 Å². The van der Waals surface area contributed by atoms with Crippen molar-refractivity contribution in [1.82, 2.24) is 0 Å². The van der Waals surface area contributed by atoms with Crippen LogP contribution in [0.5, 0.6) is 0 Å². The van der Waals surface area contributed by atoms with Crippen molar-refractivity contribution in [2.45, 2.75) is 13.8 Å². The molecule has 0 fully saturated rings. The number of furan rings is 1. The Morgan fingerprint density at radius 1 is 1.16 bits per heavy atom. The van der Waals surface area contributed by atoms with Gasteiger partial charge in [0.05, 0.1) is 0 Å². The van der Waals surface area contributed by atoms with E-state index in [9.17, 15) is 14.0 Å². The Labute approximate surface area is 143 Å². The van der Waals surface area contributed by atoms with E-state index in [-0.39, 0.29) is 11.3 Å². The van der Waals surface area contributed by atoms with E-state index in [4.69, 9.17) is 9.15 Å². The number of anilines is 1.